The predicted molar refractivity (Wildman–Crippen MR) is 99.7 cm³/mol. The summed E-state index contributed by atoms with van der Waals surface area (Å²) in [5, 5.41) is 9.72. The summed E-state index contributed by atoms with van der Waals surface area (Å²) in [5.74, 6) is -0.340. The molecule has 0 bridgehead atoms. The summed E-state index contributed by atoms with van der Waals surface area (Å²) in [6, 6.07) is 4.62. The topological polar surface area (TPSA) is 59.0 Å². The van der Waals surface area contributed by atoms with Crippen molar-refractivity contribution in [2.24, 2.45) is 0 Å². The number of nitrogens with zero attached hydrogens (tertiary/aromatic N) is 2. The maximum atomic E-state index is 13.7. The van der Waals surface area contributed by atoms with Crippen molar-refractivity contribution in [3.05, 3.63) is 46.1 Å². The van der Waals surface area contributed by atoms with E-state index in [1.807, 2.05) is 13.8 Å². The fraction of sp³-hybridized carbons (Fsp3) is 0.444. The van der Waals surface area contributed by atoms with E-state index in [1.165, 1.54) is 6.20 Å². The fourth-order valence-corrected chi connectivity index (χ4v) is 3.31. The van der Waals surface area contributed by atoms with Crippen LogP contribution in [0.15, 0.2) is 34.9 Å². The number of alkyl halides is 3. The molecule has 3 atom stereocenters. The van der Waals surface area contributed by atoms with Crippen LogP contribution in [0, 0.1) is 0 Å². The van der Waals surface area contributed by atoms with Crippen LogP contribution in [-0.2, 0) is 0 Å². The van der Waals surface area contributed by atoms with Crippen LogP contribution in [0.3, 0.4) is 0 Å². The van der Waals surface area contributed by atoms with Crippen molar-refractivity contribution in [2.45, 2.75) is 51.0 Å². The summed E-state index contributed by atoms with van der Waals surface area (Å²) in [4.78, 5) is 12.5. The highest BCUT2D eigenvalue weighted by molar-refractivity contribution is 9.10. The zero-order valence-corrected chi connectivity index (χ0v) is 16.4. The highest BCUT2D eigenvalue weighted by Gasteiger charge is 2.47. The smallest absolute Gasteiger partial charge is 0.363 e. The van der Waals surface area contributed by atoms with E-state index in [9.17, 15) is 18.0 Å². The molecule has 9 heteroatoms. The first-order valence-corrected chi connectivity index (χ1v) is 9.47. The monoisotopic (exact) mass is 444 g/mol. The lowest BCUT2D eigenvalue weighted by molar-refractivity contribution is -0.173. The molecule has 27 heavy (non-hydrogen) atoms. The summed E-state index contributed by atoms with van der Waals surface area (Å²) in [6.45, 7) is 3.75. The van der Waals surface area contributed by atoms with E-state index in [4.69, 9.17) is 0 Å². The number of anilines is 1. The highest BCUT2D eigenvalue weighted by Crippen LogP contribution is 2.44. The lowest BCUT2D eigenvalue weighted by Crippen LogP contribution is -2.37. The second-order valence-electron chi connectivity index (χ2n) is 6.68. The van der Waals surface area contributed by atoms with Gasteiger partial charge in [0.05, 0.1) is 12.2 Å². The van der Waals surface area contributed by atoms with Crippen molar-refractivity contribution in [3.8, 4) is 0 Å². The van der Waals surface area contributed by atoms with Crippen molar-refractivity contribution in [1.29, 1.82) is 0 Å². The summed E-state index contributed by atoms with van der Waals surface area (Å²) >= 11 is 3.33. The van der Waals surface area contributed by atoms with Crippen molar-refractivity contribution >= 4 is 27.7 Å². The molecule has 1 aliphatic rings. The van der Waals surface area contributed by atoms with Crippen LogP contribution in [0.1, 0.15) is 54.7 Å². The number of rotatable bonds is 4. The van der Waals surface area contributed by atoms with Gasteiger partial charge >= 0.3 is 6.18 Å². The molecule has 3 rings (SSSR count). The van der Waals surface area contributed by atoms with Crippen molar-refractivity contribution in [2.75, 3.05) is 5.32 Å². The molecule has 0 saturated heterocycles. The zero-order chi connectivity index (χ0) is 19.8. The molecule has 0 unspecified atom stereocenters. The van der Waals surface area contributed by atoms with Gasteiger partial charge in [-0.2, -0.15) is 18.3 Å². The molecular weight excluding hydrogens is 425 g/mol. The Bertz CT molecular complexity index is 819. The number of halogens is 4. The number of benzene rings is 1. The number of carbonyl (C=O) groups is 1. The lowest BCUT2D eigenvalue weighted by atomic mass is 9.96. The SMILES string of the molecule is CC[C@H](C)NC(=O)c1cnn2c1N[C@@H](c1ccc(Br)cc1)C[C@H]2C(F)(F)F. The van der Waals surface area contributed by atoms with Gasteiger partial charge < -0.3 is 10.6 Å². The summed E-state index contributed by atoms with van der Waals surface area (Å²) in [7, 11) is 0. The van der Waals surface area contributed by atoms with E-state index in [0.29, 0.717) is 5.56 Å². The molecule has 1 aromatic carbocycles. The van der Waals surface area contributed by atoms with Gasteiger partial charge in [-0.3, -0.25) is 4.79 Å². The second-order valence-corrected chi connectivity index (χ2v) is 7.59. The molecular formula is C18H20BrF3N4O. The molecule has 0 fully saturated rings. The van der Waals surface area contributed by atoms with Crippen LogP contribution < -0.4 is 10.6 Å². The van der Waals surface area contributed by atoms with Crippen molar-refractivity contribution in [1.82, 2.24) is 15.1 Å². The van der Waals surface area contributed by atoms with Gasteiger partial charge in [0.2, 0.25) is 0 Å². The minimum atomic E-state index is -4.47. The third-order valence-electron chi connectivity index (χ3n) is 4.75. The molecule has 146 valence electrons. The molecule has 1 amide bonds. The van der Waals surface area contributed by atoms with Gasteiger partial charge in [-0.25, -0.2) is 4.68 Å². The zero-order valence-electron chi connectivity index (χ0n) is 14.8. The third-order valence-corrected chi connectivity index (χ3v) is 5.27. The van der Waals surface area contributed by atoms with Crippen molar-refractivity contribution < 1.29 is 18.0 Å². The fourth-order valence-electron chi connectivity index (χ4n) is 3.05. The van der Waals surface area contributed by atoms with Crippen LogP contribution in [0.25, 0.3) is 0 Å². The second kappa shape index (κ2) is 7.53. The predicted octanol–water partition coefficient (Wildman–Crippen LogP) is 4.83. The number of amides is 1. The number of hydrogen-bond acceptors (Lipinski definition) is 3. The summed E-state index contributed by atoms with van der Waals surface area (Å²) in [5.41, 5.74) is 0.833. The minimum Gasteiger partial charge on any atom is -0.363 e. The first-order valence-electron chi connectivity index (χ1n) is 8.67. The Morgan fingerprint density at radius 2 is 2.07 bits per heavy atom. The van der Waals surface area contributed by atoms with Crippen molar-refractivity contribution in [3.63, 3.8) is 0 Å². The molecule has 2 heterocycles. The van der Waals surface area contributed by atoms with Gasteiger partial charge in [-0.05, 0) is 31.0 Å². The van der Waals surface area contributed by atoms with E-state index in [1.54, 1.807) is 24.3 Å². The van der Waals surface area contributed by atoms with Crippen LogP contribution >= 0.6 is 15.9 Å². The van der Waals surface area contributed by atoms with Gasteiger partial charge in [-0.15, -0.1) is 0 Å². The molecule has 0 saturated carbocycles. The molecule has 2 aromatic rings. The standard InChI is InChI=1S/C18H20BrF3N4O/c1-3-10(2)24-17(27)13-9-23-26-15(18(20,21)22)8-14(25-16(13)26)11-4-6-12(19)7-5-11/h4-7,9-10,14-15,25H,3,8H2,1-2H3,(H,24,27)/t10-,14+,15-/m0/s1. The van der Waals surface area contributed by atoms with Crippen LogP contribution in [0.4, 0.5) is 19.0 Å². The van der Waals surface area contributed by atoms with Gasteiger partial charge in [0.15, 0.2) is 6.04 Å². The Balaban J connectivity index is 1.98. The maximum Gasteiger partial charge on any atom is 0.410 e. The average molecular weight is 445 g/mol. The molecule has 0 radical (unpaired) electrons. The Kier molecular flexibility index (Phi) is 5.50. The largest absolute Gasteiger partial charge is 0.410 e. The minimum absolute atomic E-state index is 0.0858. The molecule has 0 aliphatic carbocycles. The Morgan fingerprint density at radius 3 is 2.67 bits per heavy atom. The lowest BCUT2D eigenvalue weighted by Gasteiger charge is -2.34. The van der Waals surface area contributed by atoms with Crippen LogP contribution in [0.2, 0.25) is 0 Å². The van der Waals surface area contributed by atoms with E-state index in [-0.39, 0.29) is 23.8 Å². The Morgan fingerprint density at radius 1 is 1.41 bits per heavy atom. The van der Waals surface area contributed by atoms with Gasteiger partial charge in [0, 0.05) is 16.9 Å². The number of carbonyl (C=O) groups excluding carboxylic acids is 1. The van der Waals surface area contributed by atoms with Crippen LogP contribution in [-0.4, -0.2) is 27.9 Å². The maximum absolute atomic E-state index is 13.7. The normalized spacial score (nSPS) is 20.5. The number of fused-ring (bicyclic) bond motifs is 1. The quantitative estimate of drug-likeness (QED) is 0.709. The molecule has 2 N–H and O–H groups in total. The number of aromatic nitrogens is 2. The Labute approximate surface area is 163 Å². The summed E-state index contributed by atoms with van der Waals surface area (Å²) in [6.07, 6.45) is -2.76. The number of hydrogen-bond donors (Lipinski definition) is 2. The highest BCUT2D eigenvalue weighted by atomic mass is 79.9. The Hall–Kier alpha value is -2.03. The first kappa shape index (κ1) is 19.7. The average Bonchev–Trinajstić information content (AvgIpc) is 3.04. The third kappa shape index (κ3) is 4.12. The number of nitrogens with one attached hydrogen (secondary N) is 2. The first-order chi connectivity index (χ1) is 12.7. The van der Waals surface area contributed by atoms with E-state index < -0.39 is 24.2 Å². The van der Waals surface area contributed by atoms with E-state index in [2.05, 4.69) is 31.7 Å². The van der Waals surface area contributed by atoms with E-state index in [0.717, 1.165) is 15.6 Å². The summed E-state index contributed by atoms with van der Waals surface area (Å²) < 4.78 is 42.7. The molecule has 5 nitrogen and oxygen atoms in total. The molecule has 1 aromatic heterocycles. The molecule has 0 spiro atoms. The van der Waals surface area contributed by atoms with E-state index >= 15 is 0 Å². The van der Waals surface area contributed by atoms with Gasteiger partial charge in [0.25, 0.3) is 5.91 Å². The van der Waals surface area contributed by atoms with Gasteiger partial charge in [0.1, 0.15) is 11.4 Å². The molecule has 1 aliphatic heterocycles. The van der Waals surface area contributed by atoms with Gasteiger partial charge in [-0.1, -0.05) is 35.0 Å². The van der Waals surface area contributed by atoms with Crippen LogP contribution in [0.5, 0.6) is 0 Å².